The first kappa shape index (κ1) is 18.5. The van der Waals surface area contributed by atoms with E-state index in [0.717, 1.165) is 38.3 Å². The lowest BCUT2D eigenvalue weighted by Gasteiger charge is -2.34. The third kappa shape index (κ3) is 4.29. The summed E-state index contributed by atoms with van der Waals surface area (Å²) in [6, 6.07) is 3.80. The Morgan fingerprint density at radius 3 is 2.44 bits per heavy atom. The summed E-state index contributed by atoms with van der Waals surface area (Å²) in [4.78, 5) is 35.0. The fraction of sp³-hybridized carbons (Fsp3) is 0.353. The van der Waals surface area contributed by atoms with Crippen LogP contribution >= 0.6 is 0 Å². The van der Waals surface area contributed by atoms with Crippen LogP contribution in [-0.4, -0.2) is 68.5 Å². The number of carbonyl (C=O) groups excluding carboxylic acids is 1. The molecule has 1 saturated heterocycles. The first-order chi connectivity index (χ1) is 13.0. The monoisotopic (exact) mass is 373 g/mol. The van der Waals surface area contributed by atoms with Crippen molar-refractivity contribution in [1.29, 1.82) is 0 Å². The van der Waals surface area contributed by atoms with Crippen LogP contribution in [0.25, 0.3) is 0 Å². The van der Waals surface area contributed by atoms with Crippen molar-refractivity contribution in [3.05, 3.63) is 46.3 Å². The molecule has 1 aliphatic heterocycles. The van der Waals surface area contributed by atoms with E-state index in [1.807, 2.05) is 0 Å². The molecule has 1 aliphatic rings. The Bertz CT molecular complexity index is 837. The number of hydrogen-bond acceptors (Lipinski definition) is 9. The van der Waals surface area contributed by atoms with E-state index in [-0.39, 0.29) is 17.8 Å². The maximum Gasteiger partial charge on any atom is 0.315 e. The highest BCUT2D eigenvalue weighted by Crippen LogP contribution is 2.36. The summed E-state index contributed by atoms with van der Waals surface area (Å²) >= 11 is 0. The van der Waals surface area contributed by atoms with Gasteiger partial charge in [0.25, 0.3) is 0 Å². The van der Waals surface area contributed by atoms with E-state index < -0.39 is 22.1 Å². The van der Waals surface area contributed by atoms with Crippen LogP contribution in [0.1, 0.15) is 16.8 Å². The molecule has 0 bridgehead atoms. The Kier molecular flexibility index (Phi) is 5.46. The zero-order valence-corrected chi connectivity index (χ0v) is 14.5. The molecular formula is C17H19N5O5. The minimum absolute atomic E-state index is 0.00771. The number of piperazine rings is 1. The molecule has 0 atom stereocenters. The summed E-state index contributed by atoms with van der Waals surface area (Å²) in [5, 5.41) is 30.0. The molecule has 0 radical (unpaired) electrons. The van der Waals surface area contributed by atoms with Crippen molar-refractivity contribution in [1.82, 2.24) is 14.9 Å². The van der Waals surface area contributed by atoms with E-state index in [1.165, 1.54) is 0 Å². The molecule has 2 aromatic rings. The summed E-state index contributed by atoms with van der Waals surface area (Å²) in [5.74, 6) is -1.16. The number of nitro benzene ring substituents is 1. The standard InChI is InChI=1S/C17H19N5O5/c23-14(12-10-13(22(26)27)16(25)15(24)11-12)2-5-20-6-8-21(9-7-20)17-18-3-1-4-19-17/h1,3-4,10-11,24-25H,2,5-9H2. The summed E-state index contributed by atoms with van der Waals surface area (Å²) in [7, 11) is 0. The third-order valence-corrected chi connectivity index (χ3v) is 4.45. The zero-order chi connectivity index (χ0) is 19.4. The maximum atomic E-state index is 12.3. The predicted molar refractivity (Wildman–Crippen MR) is 96.1 cm³/mol. The second kappa shape index (κ2) is 7.96. The number of phenolic OH excluding ortho intramolecular Hbond substituents is 2. The number of aromatic nitrogens is 2. The van der Waals surface area contributed by atoms with E-state index in [9.17, 15) is 25.1 Å². The number of carbonyl (C=O) groups is 1. The summed E-state index contributed by atoms with van der Waals surface area (Å²) in [6.07, 6.45) is 3.54. The smallest absolute Gasteiger partial charge is 0.315 e. The number of aromatic hydroxyl groups is 2. The minimum Gasteiger partial charge on any atom is -0.504 e. The van der Waals surface area contributed by atoms with E-state index in [0.29, 0.717) is 12.5 Å². The Morgan fingerprint density at radius 1 is 1.15 bits per heavy atom. The van der Waals surface area contributed by atoms with Gasteiger partial charge >= 0.3 is 5.69 Å². The highest BCUT2D eigenvalue weighted by Gasteiger charge is 2.23. The van der Waals surface area contributed by atoms with Crippen molar-refractivity contribution in [2.24, 2.45) is 0 Å². The van der Waals surface area contributed by atoms with Crippen molar-refractivity contribution in [3.63, 3.8) is 0 Å². The van der Waals surface area contributed by atoms with Crippen molar-refractivity contribution in [3.8, 4) is 11.5 Å². The van der Waals surface area contributed by atoms with Gasteiger partial charge < -0.3 is 15.1 Å². The van der Waals surface area contributed by atoms with Crippen molar-refractivity contribution >= 4 is 17.4 Å². The first-order valence-corrected chi connectivity index (χ1v) is 8.43. The number of nitrogens with zero attached hydrogens (tertiary/aromatic N) is 5. The van der Waals surface area contributed by atoms with Gasteiger partial charge in [-0.25, -0.2) is 9.97 Å². The van der Waals surface area contributed by atoms with Gasteiger partial charge in [-0.05, 0) is 12.1 Å². The molecule has 142 valence electrons. The Balaban J connectivity index is 1.55. The molecule has 1 fully saturated rings. The SMILES string of the molecule is O=C(CCN1CCN(c2ncccn2)CC1)c1cc(O)c(O)c([N+](=O)[O-])c1. The number of hydrogen-bond donors (Lipinski definition) is 2. The second-order valence-electron chi connectivity index (χ2n) is 6.17. The van der Waals surface area contributed by atoms with Gasteiger partial charge in [-0.15, -0.1) is 0 Å². The van der Waals surface area contributed by atoms with Gasteiger partial charge in [0, 0.05) is 63.2 Å². The van der Waals surface area contributed by atoms with Crippen LogP contribution in [0.4, 0.5) is 11.6 Å². The normalized spacial score (nSPS) is 14.9. The van der Waals surface area contributed by atoms with Gasteiger partial charge in [-0.2, -0.15) is 0 Å². The number of Topliss-reactive ketones (excluding diaryl/α,β-unsaturated/α-hetero) is 1. The average Bonchev–Trinajstić information content (AvgIpc) is 2.69. The van der Waals surface area contributed by atoms with Crippen LogP contribution in [0, 0.1) is 10.1 Å². The topological polar surface area (TPSA) is 133 Å². The average molecular weight is 373 g/mol. The fourth-order valence-corrected chi connectivity index (χ4v) is 2.93. The predicted octanol–water partition coefficient (Wildman–Crippen LogP) is 1.19. The summed E-state index contributed by atoms with van der Waals surface area (Å²) in [6.45, 7) is 3.46. The van der Waals surface area contributed by atoms with Gasteiger partial charge in [-0.3, -0.25) is 19.8 Å². The number of anilines is 1. The molecular weight excluding hydrogens is 354 g/mol. The Labute approximate surface area is 154 Å². The van der Waals surface area contributed by atoms with Crippen LogP contribution < -0.4 is 4.90 Å². The molecule has 0 saturated carbocycles. The number of benzene rings is 1. The van der Waals surface area contributed by atoms with E-state index in [4.69, 9.17) is 0 Å². The number of phenols is 2. The molecule has 1 aromatic heterocycles. The Hall–Kier alpha value is -3.27. The Morgan fingerprint density at radius 2 is 1.81 bits per heavy atom. The van der Waals surface area contributed by atoms with Crippen LogP contribution in [0.5, 0.6) is 11.5 Å². The molecule has 2 N–H and O–H groups in total. The quantitative estimate of drug-likeness (QED) is 0.331. The van der Waals surface area contributed by atoms with Gasteiger partial charge in [0.05, 0.1) is 4.92 Å². The minimum atomic E-state index is -0.837. The van der Waals surface area contributed by atoms with E-state index >= 15 is 0 Å². The molecule has 1 aromatic carbocycles. The number of rotatable bonds is 6. The first-order valence-electron chi connectivity index (χ1n) is 8.43. The molecule has 3 rings (SSSR count). The van der Waals surface area contributed by atoms with Gasteiger partial charge in [0.1, 0.15) is 0 Å². The number of ketones is 1. The van der Waals surface area contributed by atoms with Crippen LogP contribution in [0.3, 0.4) is 0 Å². The molecule has 10 nitrogen and oxygen atoms in total. The van der Waals surface area contributed by atoms with E-state index in [2.05, 4.69) is 19.8 Å². The molecule has 0 unspecified atom stereocenters. The summed E-state index contributed by atoms with van der Waals surface area (Å²) < 4.78 is 0. The lowest BCUT2D eigenvalue weighted by atomic mass is 10.1. The lowest BCUT2D eigenvalue weighted by molar-refractivity contribution is -0.386. The molecule has 27 heavy (non-hydrogen) atoms. The molecule has 0 spiro atoms. The van der Waals surface area contributed by atoms with Crippen LogP contribution in [0.15, 0.2) is 30.6 Å². The molecule has 0 amide bonds. The van der Waals surface area contributed by atoms with Crippen LogP contribution in [0.2, 0.25) is 0 Å². The third-order valence-electron chi connectivity index (χ3n) is 4.45. The van der Waals surface area contributed by atoms with E-state index in [1.54, 1.807) is 18.5 Å². The van der Waals surface area contributed by atoms with Gasteiger partial charge in [0.2, 0.25) is 11.7 Å². The molecule has 2 heterocycles. The summed E-state index contributed by atoms with van der Waals surface area (Å²) in [5.41, 5.74) is -0.678. The maximum absolute atomic E-state index is 12.3. The highest BCUT2D eigenvalue weighted by molar-refractivity contribution is 5.97. The molecule has 10 heteroatoms. The largest absolute Gasteiger partial charge is 0.504 e. The highest BCUT2D eigenvalue weighted by atomic mass is 16.6. The number of nitro groups is 1. The zero-order valence-electron chi connectivity index (χ0n) is 14.5. The second-order valence-corrected chi connectivity index (χ2v) is 6.17. The van der Waals surface area contributed by atoms with Gasteiger partial charge in [-0.1, -0.05) is 0 Å². The fourth-order valence-electron chi connectivity index (χ4n) is 2.93. The van der Waals surface area contributed by atoms with Crippen molar-refractivity contribution in [2.45, 2.75) is 6.42 Å². The van der Waals surface area contributed by atoms with Crippen molar-refractivity contribution in [2.75, 3.05) is 37.6 Å². The van der Waals surface area contributed by atoms with Crippen LogP contribution in [-0.2, 0) is 0 Å². The lowest BCUT2D eigenvalue weighted by Crippen LogP contribution is -2.47. The van der Waals surface area contributed by atoms with Crippen molar-refractivity contribution < 1.29 is 19.9 Å². The van der Waals surface area contributed by atoms with Gasteiger partial charge in [0.15, 0.2) is 11.5 Å². The molecule has 0 aliphatic carbocycles.